The number of aromatic nitrogens is 1. The molecule has 5 rings (SSSR count). The highest BCUT2D eigenvalue weighted by Crippen LogP contribution is 2.41. The van der Waals surface area contributed by atoms with Gasteiger partial charge in [-0.25, -0.2) is 0 Å². The second kappa shape index (κ2) is 4.48. The Labute approximate surface area is 125 Å². The molecule has 0 bridgehead atoms. The molecule has 1 aromatic heterocycles. The molecule has 21 heavy (non-hydrogen) atoms. The Morgan fingerprint density at radius 3 is 3.00 bits per heavy atom. The topological polar surface area (TPSA) is 20.2 Å². The first-order valence-corrected chi connectivity index (χ1v) is 8.51. The number of benzene rings is 1. The van der Waals surface area contributed by atoms with Crippen LogP contribution in [0.5, 0.6) is 0 Å². The van der Waals surface area contributed by atoms with Gasteiger partial charge in [0.15, 0.2) is 0 Å². The summed E-state index contributed by atoms with van der Waals surface area (Å²) in [6, 6.07) is 9.61. The van der Waals surface area contributed by atoms with E-state index in [1.807, 2.05) is 4.90 Å². The van der Waals surface area contributed by atoms with Gasteiger partial charge in [-0.1, -0.05) is 30.4 Å². The minimum atomic E-state index is 0.713. The predicted molar refractivity (Wildman–Crippen MR) is 85.4 cm³/mol. The van der Waals surface area contributed by atoms with Gasteiger partial charge in [0, 0.05) is 29.2 Å². The first kappa shape index (κ1) is 12.0. The van der Waals surface area contributed by atoms with E-state index in [1.54, 1.807) is 11.3 Å². The summed E-state index contributed by atoms with van der Waals surface area (Å²) in [7, 11) is 0. The van der Waals surface area contributed by atoms with Gasteiger partial charge in [-0.15, -0.1) is 0 Å². The molecule has 2 heteroatoms. The number of rotatable bonds is 0. The van der Waals surface area contributed by atoms with E-state index in [1.165, 1.54) is 49.7 Å². The van der Waals surface area contributed by atoms with Crippen LogP contribution in [-0.4, -0.2) is 18.1 Å². The van der Waals surface area contributed by atoms with E-state index in [-0.39, 0.29) is 0 Å². The smallest absolute Gasteiger partial charge is 0.132 e. The molecule has 2 N–H and O–H groups in total. The maximum atomic E-state index is 3.82. The molecule has 2 aromatic rings. The average Bonchev–Trinajstić information content (AvgIpc) is 3.00. The summed E-state index contributed by atoms with van der Waals surface area (Å²) >= 11 is 0. The van der Waals surface area contributed by atoms with Gasteiger partial charge in [0.1, 0.15) is 6.04 Å². The number of para-hydroxylation sites is 1. The Bertz CT molecular complexity index is 711. The van der Waals surface area contributed by atoms with Crippen molar-refractivity contribution in [3.05, 3.63) is 47.7 Å². The molecule has 1 aliphatic carbocycles. The standard InChI is InChI=1S/C19H22N2/c1-2-7-14-13(6-1)12-21-11-5-9-16-15-8-3-4-10-17(15)20-18(16)19(14)21/h1-4,8,10,13-14,19-20H,5-7,9,11-12H2/p+1/t13-,14-,19-/m1/s1. The zero-order valence-electron chi connectivity index (χ0n) is 12.4. The molecule has 0 saturated carbocycles. The quantitative estimate of drug-likeness (QED) is 0.692. The Morgan fingerprint density at radius 2 is 2.00 bits per heavy atom. The third-order valence-electron chi connectivity index (χ3n) is 6.09. The molecule has 0 amide bonds. The summed E-state index contributed by atoms with van der Waals surface area (Å²) in [6.07, 6.45) is 10.0. The van der Waals surface area contributed by atoms with Crippen LogP contribution in [0.15, 0.2) is 36.4 Å². The van der Waals surface area contributed by atoms with Gasteiger partial charge in [-0.3, -0.25) is 0 Å². The van der Waals surface area contributed by atoms with Crippen molar-refractivity contribution in [1.82, 2.24) is 4.98 Å². The van der Waals surface area contributed by atoms with Crippen molar-refractivity contribution in [2.45, 2.75) is 31.7 Å². The van der Waals surface area contributed by atoms with Gasteiger partial charge < -0.3 is 9.88 Å². The van der Waals surface area contributed by atoms with E-state index in [9.17, 15) is 0 Å². The fourth-order valence-electron chi connectivity index (χ4n) is 5.22. The summed E-state index contributed by atoms with van der Waals surface area (Å²) in [4.78, 5) is 5.66. The molecule has 3 heterocycles. The molecule has 4 atom stereocenters. The molecule has 3 aliphatic rings. The van der Waals surface area contributed by atoms with E-state index in [0.29, 0.717) is 6.04 Å². The third-order valence-corrected chi connectivity index (χ3v) is 6.09. The van der Waals surface area contributed by atoms with Crippen LogP contribution in [0.25, 0.3) is 10.9 Å². The fourth-order valence-corrected chi connectivity index (χ4v) is 5.22. The number of aryl methyl sites for hydroxylation is 1. The van der Waals surface area contributed by atoms with Crippen LogP contribution in [0.4, 0.5) is 0 Å². The Balaban J connectivity index is 1.69. The highest BCUT2D eigenvalue weighted by Gasteiger charge is 2.48. The van der Waals surface area contributed by atoms with Crippen molar-refractivity contribution < 1.29 is 4.90 Å². The van der Waals surface area contributed by atoms with Crippen molar-refractivity contribution in [2.24, 2.45) is 11.8 Å². The molecule has 0 spiro atoms. The van der Waals surface area contributed by atoms with Gasteiger partial charge in [-0.2, -0.15) is 0 Å². The second-order valence-corrected chi connectivity index (χ2v) is 7.12. The predicted octanol–water partition coefficient (Wildman–Crippen LogP) is 2.64. The zero-order chi connectivity index (χ0) is 13.8. The fraction of sp³-hybridized carbons (Fsp3) is 0.474. The maximum Gasteiger partial charge on any atom is 0.132 e. The van der Waals surface area contributed by atoms with Gasteiger partial charge in [0.05, 0.1) is 18.8 Å². The van der Waals surface area contributed by atoms with Crippen LogP contribution < -0.4 is 4.90 Å². The molecule has 1 saturated heterocycles. The summed E-state index contributed by atoms with van der Waals surface area (Å²) in [5, 5.41) is 1.48. The second-order valence-electron chi connectivity index (χ2n) is 7.12. The summed E-state index contributed by atoms with van der Waals surface area (Å²) in [5.74, 6) is 1.77. The molecule has 1 fully saturated rings. The number of H-pyrrole nitrogens is 1. The molecule has 1 unspecified atom stereocenters. The summed E-state index contributed by atoms with van der Waals surface area (Å²) in [5.41, 5.74) is 4.55. The number of aromatic amines is 1. The zero-order valence-corrected chi connectivity index (χ0v) is 12.4. The van der Waals surface area contributed by atoms with Crippen LogP contribution in [0.2, 0.25) is 0 Å². The van der Waals surface area contributed by atoms with Crippen LogP contribution in [0.3, 0.4) is 0 Å². The number of allylic oxidation sites excluding steroid dienone is 2. The van der Waals surface area contributed by atoms with E-state index in [2.05, 4.69) is 41.4 Å². The first-order chi connectivity index (χ1) is 10.4. The largest absolute Gasteiger partial charge is 0.353 e. The molecule has 1 aromatic carbocycles. The molecule has 2 aliphatic heterocycles. The van der Waals surface area contributed by atoms with E-state index in [0.717, 1.165) is 11.8 Å². The normalized spacial score (nSPS) is 34.3. The van der Waals surface area contributed by atoms with E-state index < -0.39 is 0 Å². The van der Waals surface area contributed by atoms with Gasteiger partial charge in [-0.05, 0) is 30.9 Å². The lowest BCUT2D eigenvalue weighted by Crippen LogP contribution is -3.10. The SMILES string of the molecule is C1=CC[C@@H]2[C@H](C1)C[NH+]1CCCc3c([nH]c4ccccc34)[C@@H]21. The van der Waals surface area contributed by atoms with Crippen LogP contribution in [-0.2, 0) is 6.42 Å². The number of nitrogens with one attached hydrogen (secondary N) is 2. The van der Waals surface area contributed by atoms with Crippen molar-refractivity contribution in [3.63, 3.8) is 0 Å². The number of fused-ring (bicyclic) bond motifs is 7. The van der Waals surface area contributed by atoms with Crippen molar-refractivity contribution >= 4 is 10.9 Å². The Morgan fingerprint density at radius 1 is 1.10 bits per heavy atom. The minimum absolute atomic E-state index is 0.713. The maximum absolute atomic E-state index is 3.82. The highest BCUT2D eigenvalue weighted by atomic mass is 15.2. The Kier molecular flexibility index (Phi) is 2.57. The molecule has 2 nitrogen and oxygen atoms in total. The van der Waals surface area contributed by atoms with Gasteiger partial charge in [0.2, 0.25) is 0 Å². The van der Waals surface area contributed by atoms with Crippen molar-refractivity contribution in [2.75, 3.05) is 13.1 Å². The lowest BCUT2D eigenvalue weighted by Gasteiger charge is -2.24. The number of hydrogen-bond donors (Lipinski definition) is 2. The van der Waals surface area contributed by atoms with E-state index in [4.69, 9.17) is 0 Å². The van der Waals surface area contributed by atoms with Crippen LogP contribution >= 0.6 is 0 Å². The Hall–Kier alpha value is -1.54. The third kappa shape index (κ3) is 1.69. The minimum Gasteiger partial charge on any atom is -0.353 e. The lowest BCUT2D eigenvalue weighted by molar-refractivity contribution is -0.921. The lowest BCUT2D eigenvalue weighted by atomic mass is 9.80. The molecular formula is C19H23N2+. The van der Waals surface area contributed by atoms with Crippen LogP contribution in [0.1, 0.15) is 36.6 Å². The first-order valence-electron chi connectivity index (χ1n) is 8.51. The average molecular weight is 279 g/mol. The molecule has 108 valence electrons. The number of hydrogen-bond acceptors (Lipinski definition) is 0. The van der Waals surface area contributed by atoms with E-state index >= 15 is 0 Å². The van der Waals surface area contributed by atoms with Gasteiger partial charge in [0.25, 0.3) is 0 Å². The highest BCUT2D eigenvalue weighted by molar-refractivity contribution is 5.84. The molecular weight excluding hydrogens is 256 g/mol. The van der Waals surface area contributed by atoms with Crippen LogP contribution in [0, 0.1) is 11.8 Å². The summed E-state index contributed by atoms with van der Waals surface area (Å²) in [6.45, 7) is 2.74. The summed E-state index contributed by atoms with van der Waals surface area (Å²) < 4.78 is 0. The van der Waals surface area contributed by atoms with Gasteiger partial charge >= 0.3 is 0 Å². The van der Waals surface area contributed by atoms with Crippen molar-refractivity contribution in [3.8, 4) is 0 Å². The molecule has 0 radical (unpaired) electrons. The monoisotopic (exact) mass is 279 g/mol. The number of quaternary nitrogens is 1. The van der Waals surface area contributed by atoms with Crippen molar-refractivity contribution in [1.29, 1.82) is 0 Å².